The van der Waals surface area contributed by atoms with Crippen LogP contribution in [-0.2, 0) is 0 Å². The normalized spacial score (nSPS) is 12.2. The number of nitrogens with zero attached hydrogens (tertiary/aromatic N) is 2. The van der Waals surface area contributed by atoms with E-state index in [2.05, 4.69) is 4.98 Å². The van der Waals surface area contributed by atoms with Crippen molar-refractivity contribution in [3.8, 4) is 16.9 Å². The fraction of sp³-hybridized carbons (Fsp3) is 0.174. The van der Waals surface area contributed by atoms with Crippen LogP contribution in [0.15, 0.2) is 54.9 Å². The molecule has 4 aromatic rings. The number of ether oxygens (including phenoxy) is 1. The van der Waals surface area contributed by atoms with Crippen molar-refractivity contribution < 1.29 is 14.0 Å². The highest BCUT2D eigenvalue weighted by Gasteiger charge is 2.20. The lowest BCUT2D eigenvalue weighted by Crippen LogP contribution is -2.16. The van der Waals surface area contributed by atoms with Crippen molar-refractivity contribution in [3.63, 3.8) is 0 Å². The second-order valence-electron chi connectivity index (χ2n) is 6.96. The van der Waals surface area contributed by atoms with E-state index < -0.39 is 11.9 Å². The highest BCUT2D eigenvalue weighted by molar-refractivity contribution is 6.36. The number of hydrogen-bond donors (Lipinski definition) is 0. The quantitative estimate of drug-likeness (QED) is 0.323. The Balaban J connectivity index is 1.70. The summed E-state index contributed by atoms with van der Waals surface area (Å²) in [6, 6.07) is 12.5. The van der Waals surface area contributed by atoms with Gasteiger partial charge in [-0.25, -0.2) is 4.39 Å². The molecular formula is C23H19Cl2FN2O2. The van der Waals surface area contributed by atoms with Gasteiger partial charge in [-0.15, -0.1) is 0 Å². The summed E-state index contributed by atoms with van der Waals surface area (Å²) >= 11 is 12.4. The molecule has 30 heavy (non-hydrogen) atoms. The maximum absolute atomic E-state index is 13.9. The highest BCUT2D eigenvalue weighted by atomic mass is 35.5. The van der Waals surface area contributed by atoms with Crippen LogP contribution >= 0.6 is 23.2 Å². The van der Waals surface area contributed by atoms with Gasteiger partial charge in [0.05, 0.1) is 17.6 Å². The summed E-state index contributed by atoms with van der Waals surface area (Å²) in [6.45, 7) is 3.76. The van der Waals surface area contributed by atoms with E-state index in [0.29, 0.717) is 10.6 Å². The Bertz CT molecular complexity index is 1240. The van der Waals surface area contributed by atoms with Crippen LogP contribution in [0.1, 0.15) is 24.2 Å². The Labute approximate surface area is 183 Å². The maximum atomic E-state index is 13.9. The Kier molecular flexibility index (Phi) is 5.58. The molecule has 154 valence electrons. The first-order valence-electron chi connectivity index (χ1n) is 9.31. The first-order chi connectivity index (χ1) is 14.4. The third-order valence-electron chi connectivity index (χ3n) is 4.99. The molecule has 0 amide bonds. The number of aryl methyl sites for hydroxylation is 1. The predicted octanol–water partition coefficient (Wildman–Crippen LogP) is 6.66. The number of aromatic nitrogens is 2. The minimum Gasteiger partial charge on any atom is -0.496 e. The molecule has 0 fully saturated rings. The van der Waals surface area contributed by atoms with Crippen molar-refractivity contribution in [1.82, 2.24) is 9.71 Å². The van der Waals surface area contributed by atoms with Gasteiger partial charge in [-0.3, -0.25) is 4.98 Å². The van der Waals surface area contributed by atoms with Crippen LogP contribution in [0, 0.1) is 12.7 Å². The van der Waals surface area contributed by atoms with Gasteiger partial charge in [0.1, 0.15) is 17.1 Å². The van der Waals surface area contributed by atoms with Crippen molar-refractivity contribution in [2.75, 3.05) is 7.11 Å². The topological polar surface area (TPSA) is 36.3 Å². The molecule has 0 bridgehead atoms. The first kappa shape index (κ1) is 20.5. The number of pyridine rings is 1. The average molecular weight is 445 g/mol. The smallest absolute Gasteiger partial charge is 0.150 e. The summed E-state index contributed by atoms with van der Waals surface area (Å²) in [7, 11) is 1.65. The van der Waals surface area contributed by atoms with Gasteiger partial charge in [0.2, 0.25) is 0 Å². The van der Waals surface area contributed by atoms with E-state index in [0.717, 1.165) is 33.5 Å². The summed E-state index contributed by atoms with van der Waals surface area (Å²) in [5, 5.41) is 0.303. The van der Waals surface area contributed by atoms with Crippen molar-refractivity contribution in [1.29, 1.82) is 0 Å². The van der Waals surface area contributed by atoms with E-state index in [1.165, 1.54) is 12.1 Å². The van der Waals surface area contributed by atoms with Crippen LogP contribution in [0.3, 0.4) is 0 Å². The molecule has 7 heteroatoms. The summed E-state index contributed by atoms with van der Waals surface area (Å²) < 4.78 is 20.8. The molecule has 0 radical (unpaired) electrons. The summed E-state index contributed by atoms with van der Waals surface area (Å²) in [5.74, 6) is 0.292. The molecule has 0 N–H and O–H groups in total. The summed E-state index contributed by atoms with van der Waals surface area (Å²) in [5.41, 5.74) is 4.93. The van der Waals surface area contributed by atoms with Crippen LogP contribution in [0.4, 0.5) is 4.39 Å². The van der Waals surface area contributed by atoms with Crippen LogP contribution in [-0.4, -0.2) is 16.8 Å². The molecule has 1 atom stereocenters. The molecule has 4 rings (SSSR count). The molecule has 2 aromatic heterocycles. The third kappa shape index (κ3) is 3.71. The standard InChI is InChI=1S/C23H19Cl2FN2O2/c1-13-10-15(4-7-21(13)29-3)16-11-20-19(27-12-16)8-9-28(20)30-14(2)22-17(24)5-6-18(26)23(22)25/h4-12,14H,1-3H3. The Morgan fingerprint density at radius 1 is 1.07 bits per heavy atom. The Hall–Kier alpha value is -2.76. The summed E-state index contributed by atoms with van der Waals surface area (Å²) in [4.78, 5) is 10.6. The molecule has 1 unspecified atom stereocenters. The second-order valence-corrected chi connectivity index (χ2v) is 7.74. The number of benzene rings is 2. The molecule has 0 saturated heterocycles. The molecular weight excluding hydrogens is 426 g/mol. The maximum Gasteiger partial charge on any atom is 0.150 e. The Morgan fingerprint density at radius 3 is 2.60 bits per heavy atom. The third-order valence-corrected chi connectivity index (χ3v) is 5.70. The fourth-order valence-corrected chi connectivity index (χ4v) is 4.11. The number of methoxy groups -OCH3 is 1. The predicted molar refractivity (Wildman–Crippen MR) is 118 cm³/mol. The van der Waals surface area contributed by atoms with Gasteiger partial charge in [-0.05, 0) is 61.4 Å². The SMILES string of the molecule is COc1ccc(-c2cnc3ccn(OC(C)c4c(Cl)ccc(F)c4Cl)c3c2)cc1C. The van der Waals surface area contributed by atoms with Gasteiger partial charge in [0, 0.05) is 28.5 Å². The molecule has 2 heterocycles. The zero-order valence-corrected chi connectivity index (χ0v) is 18.1. The molecule has 0 aliphatic rings. The number of halogens is 3. The van der Waals surface area contributed by atoms with E-state index in [4.69, 9.17) is 32.8 Å². The lowest BCUT2D eigenvalue weighted by molar-refractivity contribution is 0.0562. The minimum atomic E-state index is -0.580. The first-order valence-corrected chi connectivity index (χ1v) is 10.1. The van der Waals surface area contributed by atoms with Crippen molar-refractivity contribution in [2.24, 2.45) is 0 Å². The fourth-order valence-electron chi connectivity index (χ4n) is 3.43. The van der Waals surface area contributed by atoms with Crippen LogP contribution < -0.4 is 9.57 Å². The lowest BCUT2D eigenvalue weighted by atomic mass is 10.0. The van der Waals surface area contributed by atoms with Gasteiger partial charge in [0.15, 0.2) is 6.10 Å². The van der Waals surface area contributed by atoms with Crippen LogP contribution in [0.25, 0.3) is 22.2 Å². The Morgan fingerprint density at radius 2 is 1.87 bits per heavy atom. The molecule has 0 saturated carbocycles. The van der Waals surface area contributed by atoms with E-state index in [1.807, 2.05) is 43.5 Å². The number of fused-ring (bicyclic) bond motifs is 1. The molecule has 4 nitrogen and oxygen atoms in total. The van der Waals surface area contributed by atoms with Crippen LogP contribution in [0.5, 0.6) is 5.75 Å². The van der Waals surface area contributed by atoms with E-state index in [-0.39, 0.29) is 5.02 Å². The van der Waals surface area contributed by atoms with Gasteiger partial charge in [-0.1, -0.05) is 29.3 Å². The average Bonchev–Trinajstić information content (AvgIpc) is 3.13. The number of rotatable bonds is 5. The largest absolute Gasteiger partial charge is 0.496 e. The van der Waals surface area contributed by atoms with Gasteiger partial charge >= 0.3 is 0 Å². The zero-order valence-electron chi connectivity index (χ0n) is 16.6. The van der Waals surface area contributed by atoms with Crippen molar-refractivity contribution in [3.05, 3.63) is 81.8 Å². The molecule has 0 aliphatic heterocycles. The van der Waals surface area contributed by atoms with Crippen molar-refractivity contribution >= 4 is 34.2 Å². The van der Waals surface area contributed by atoms with E-state index >= 15 is 0 Å². The van der Waals surface area contributed by atoms with Gasteiger partial charge in [0.25, 0.3) is 0 Å². The zero-order chi connectivity index (χ0) is 21.4. The van der Waals surface area contributed by atoms with Crippen LogP contribution in [0.2, 0.25) is 10.0 Å². The monoisotopic (exact) mass is 444 g/mol. The molecule has 0 aliphatic carbocycles. The van der Waals surface area contributed by atoms with Crippen molar-refractivity contribution in [2.45, 2.75) is 20.0 Å². The minimum absolute atomic E-state index is 0.0426. The lowest BCUT2D eigenvalue weighted by Gasteiger charge is -2.19. The van der Waals surface area contributed by atoms with E-state index in [1.54, 1.807) is 25.0 Å². The molecule has 0 spiro atoms. The number of hydrogen-bond acceptors (Lipinski definition) is 3. The molecule has 2 aromatic carbocycles. The summed E-state index contributed by atoms with van der Waals surface area (Å²) in [6.07, 6.45) is 3.00. The van der Waals surface area contributed by atoms with E-state index in [9.17, 15) is 4.39 Å². The highest BCUT2D eigenvalue weighted by Crippen LogP contribution is 2.34. The second kappa shape index (κ2) is 8.17. The van der Waals surface area contributed by atoms with Gasteiger partial charge in [-0.2, -0.15) is 4.73 Å². The van der Waals surface area contributed by atoms with Gasteiger partial charge < -0.3 is 9.57 Å².